The normalized spacial score (nSPS) is 10.2. The van der Waals surface area contributed by atoms with Crippen molar-refractivity contribution in [2.24, 2.45) is 5.92 Å². The first-order chi connectivity index (χ1) is 4.70. The van der Waals surface area contributed by atoms with Crippen molar-refractivity contribution in [2.75, 3.05) is 0 Å². The molecule has 0 radical (unpaired) electrons. The Bertz CT molecular complexity index is 179. The molecule has 0 unspecified atom stereocenters. The van der Waals surface area contributed by atoms with Gasteiger partial charge in [0.2, 0.25) is 0 Å². The number of rotatable bonds is 3. The zero-order valence-electron chi connectivity index (χ0n) is 7.22. The Morgan fingerprint density at radius 2 is 2.27 bits per heavy atom. The summed E-state index contributed by atoms with van der Waals surface area (Å²) < 4.78 is 0. The van der Waals surface area contributed by atoms with Crippen LogP contribution in [0.25, 0.3) is 0 Å². The van der Waals surface area contributed by atoms with E-state index in [1.807, 2.05) is 19.9 Å². The van der Waals surface area contributed by atoms with Crippen molar-refractivity contribution >= 4 is 6.29 Å². The maximum absolute atomic E-state index is 9.84. The molecule has 0 rings (SSSR count). The van der Waals surface area contributed by atoms with Crippen LogP contribution in [0.3, 0.4) is 0 Å². The van der Waals surface area contributed by atoms with Gasteiger partial charge in [0.05, 0.1) is 6.07 Å². The molecule has 2 nitrogen and oxygen atoms in total. The number of hydrogen-bond donors (Lipinski definition) is 0. The predicted molar refractivity (Wildman–Crippen MR) is 38.8 cm³/mol. The van der Waals surface area contributed by atoms with Gasteiger partial charge in [-0.1, -0.05) is 19.9 Å². The molecular formula is C8H10KNO. The van der Waals surface area contributed by atoms with Crippen LogP contribution >= 0.6 is 0 Å². The third-order valence-electron chi connectivity index (χ3n) is 0.941. The van der Waals surface area contributed by atoms with E-state index in [1.165, 1.54) is 0 Å². The molecule has 0 aliphatic carbocycles. The first-order valence-electron chi connectivity index (χ1n) is 3.16. The summed E-state index contributed by atoms with van der Waals surface area (Å²) in [5, 5.41) is 8.41. The summed E-state index contributed by atoms with van der Waals surface area (Å²) in [6, 6.07) is 1.93. The maximum atomic E-state index is 9.84. The van der Waals surface area contributed by atoms with E-state index in [0.717, 1.165) is 0 Å². The third-order valence-corrected chi connectivity index (χ3v) is 0.941. The fourth-order valence-corrected chi connectivity index (χ4v) is 0.616. The van der Waals surface area contributed by atoms with Gasteiger partial charge in [0.25, 0.3) is 0 Å². The molecule has 0 aliphatic heterocycles. The van der Waals surface area contributed by atoms with E-state index in [-0.39, 0.29) is 57.8 Å². The van der Waals surface area contributed by atoms with Crippen LogP contribution in [-0.4, -0.2) is 6.29 Å². The molecule has 0 saturated carbocycles. The van der Waals surface area contributed by atoms with Crippen molar-refractivity contribution in [3.63, 3.8) is 0 Å². The minimum atomic E-state index is 0. The number of hydrogen-bond acceptors (Lipinski definition) is 2. The Kier molecular flexibility index (Phi) is 11.1. The summed E-state index contributed by atoms with van der Waals surface area (Å²) in [6.07, 6.45) is 3.57. The van der Waals surface area contributed by atoms with Gasteiger partial charge in [-0.15, -0.1) is 6.42 Å². The van der Waals surface area contributed by atoms with Gasteiger partial charge in [-0.3, -0.25) is 6.29 Å². The van der Waals surface area contributed by atoms with Gasteiger partial charge < -0.3 is 4.79 Å². The molecule has 0 bridgehead atoms. The first kappa shape index (κ1) is 14.1. The van der Waals surface area contributed by atoms with Gasteiger partial charge in [-0.2, -0.15) is 5.26 Å². The smallest absolute Gasteiger partial charge is 0.541 e. The zero-order chi connectivity index (χ0) is 7.98. The molecule has 0 heterocycles. The van der Waals surface area contributed by atoms with Crippen molar-refractivity contribution in [1.82, 2.24) is 0 Å². The fourth-order valence-electron chi connectivity index (χ4n) is 0.616. The third kappa shape index (κ3) is 8.44. The van der Waals surface area contributed by atoms with E-state index in [9.17, 15) is 4.79 Å². The Hall–Kier alpha value is 0.536. The van der Waals surface area contributed by atoms with Gasteiger partial charge in [-0.25, -0.2) is 0 Å². The minimum Gasteiger partial charge on any atom is -0.541 e. The van der Waals surface area contributed by atoms with E-state index >= 15 is 0 Å². The molecule has 0 atom stereocenters. The molecule has 0 spiro atoms. The Morgan fingerprint density at radius 1 is 1.73 bits per heavy atom. The van der Waals surface area contributed by atoms with Crippen molar-refractivity contribution in [1.29, 1.82) is 5.26 Å². The topological polar surface area (TPSA) is 40.9 Å². The van der Waals surface area contributed by atoms with E-state index in [2.05, 4.69) is 0 Å². The van der Waals surface area contributed by atoms with E-state index in [4.69, 9.17) is 5.26 Å². The quantitative estimate of drug-likeness (QED) is 0.301. The molecule has 0 saturated heterocycles. The zero-order valence-corrected chi connectivity index (χ0v) is 10.3. The van der Waals surface area contributed by atoms with Gasteiger partial charge in [0, 0.05) is 0 Å². The van der Waals surface area contributed by atoms with Crippen LogP contribution in [0, 0.1) is 17.2 Å². The summed E-state index contributed by atoms with van der Waals surface area (Å²) in [6.45, 7) is 3.92. The van der Waals surface area contributed by atoms with Crippen LogP contribution in [-0.2, 0) is 4.79 Å². The Morgan fingerprint density at radius 3 is 2.55 bits per heavy atom. The maximum Gasteiger partial charge on any atom is 1.00 e. The first-order valence-corrected chi connectivity index (χ1v) is 3.16. The molecule has 0 aromatic carbocycles. The van der Waals surface area contributed by atoms with Crippen LogP contribution in [0.2, 0.25) is 0 Å². The average Bonchev–Trinajstić information content (AvgIpc) is 1.86. The molecule has 54 valence electrons. The van der Waals surface area contributed by atoms with Crippen LogP contribution in [0.5, 0.6) is 0 Å². The molecule has 0 aliphatic rings. The van der Waals surface area contributed by atoms with Crippen LogP contribution in [0.4, 0.5) is 0 Å². The molecule has 11 heavy (non-hydrogen) atoms. The van der Waals surface area contributed by atoms with Gasteiger partial charge in [0.1, 0.15) is 0 Å². The molecule has 0 N–H and O–H groups in total. The number of allylic oxidation sites excluding steroid dienone is 2. The van der Waals surface area contributed by atoms with Crippen molar-refractivity contribution < 1.29 is 56.2 Å². The van der Waals surface area contributed by atoms with Crippen LogP contribution in [0.1, 0.15) is 20.3 Å². The second-order valence-corrected chi connectivity index (χ2v) is 2.37. The van der Waals surface area contributed by atoms with Gasteiger partial charge in [0.15, 0.2) is 0 Å². The molecule has 0 aromatic rings. The van der Waals surface area contributed by atoms with Gasteiger partial charge >= 0.3 is 51.4 Å². The van der Waals surface area contributed by atoms with E-state index < -0.39 is 0 Å². The number of nitrogens with zero attached hydrogens (tertiary/aromatic N) is 1. The van der Waals surface area contributed by atoms with Crippen molar-refractivity contribution in [3.8, 4) is 6.07 Å². The molecule has 3 heteroatoms. The Labute approximate surface area is 110 Å². The Balaban J connectivity index is 0. The second kappa shape index (κ2) is 8.63. The predicted octanol–water partition coefficient (Wildman–Crippen LogP) is -1.40. The van der Waals surface area contributed by atoms with Crippen molar-refractivity contribution in [2.45, 2.75) is 20.3 Å². The summed E-state index contributed by atoms with van der Waals surface area (Å²) in [4.78, 5) is 9.84. The minimum absolute atomic E-state index is 0. The molecule has 0 aromatic heterocycles. The fraction of sp³-hybridized carbons (Fsp3) is 0.500. The summed E-state index contributed by atoms with van der Waals surface area (Å²) in [5.41, 5.74) is 0.505. The number of carbonyl (C=O) groups excluding carboxylic acids is 1. The largest absolute Gasteiger partial charge is 1.00 e. The van der Waals surface area contributed by atoms with Gasteiger partial charge in [-0.05, 0) is 11.5 Å². The summed E-state index contributed by atoms with van der Waals surface area (Å²) >= 11 is 0. The van der Waals surface area contributed by atoms with Crippen LogP contribution in [0.15, 0.2) is 11.6 Å². The van der Waals surface area contributed by atoms with Crippen LogP contribution < -0.4 is 51.4 Å². The van der Waals surface area contributed by atoms with E-state index in [0.29, 0.717) is 11.5 Å². The van der Waals surface area contributed by atoms with Crippen molar-refractivity contribution in [3.05, 3.63) is 11.6 Å². The summed E-state index contributed by atoms with van der Waals surface area (Å²) in [7, 11) is 0. The number of nitriles is 1. The molecule has 0 amide bonds. The van der Waals surface area contributed by atoms with E-state index in [1.54, 1.807) is 12.4 Å². The molecule has 0 fully saturated rings. The second-order valence-electron chi connectivity index (χ2n) is 2.37. The SMILES string of the molecule is CC(C)/C=C(/C#N)C[C-]=O.[K+]. The summed E-state index contributed by atoms with van der Waals surface area (Å²) in [5.74, 6) is 0.322. The monoisotopic (exact) mass is 175 g/mol. The average molecular weight is 175 g/mol. The molecular weight excluding hydrogens is 165 g/mol. The standard InChI is InChI=1S/C8H10NO.K/c1-7(2)5-8(6-9)3-4-10;/h5,7H,3H2,1-2H3;/q-1;+1/b8-5+;.